The molecular formula is C31H31N5O4S2. The summed E-state index contributed by atoms with van der Waals surface area (Å²) in [7, 11) is 2.04. The van der Waals surface area contributed by atoms with Crippen LogP contribution in [-0.2, 0) is 9.59 Å². The summed E-state index contributed by atoms with van der Waals surface area (Å²) in [6, 6.07) is 15.4. The Balaban J connectivity index is 1.14. The molecule has 216 valence electrons. The van der Waals surface area contributed by atoms with E-state index in [4.69, 9.17) is 0 Å². The lowest BCUT2D eigenvalue weighted by Gasteiger charge is -2.43. The van der Waals surface area contributed by atoms with Crippen molar-refractivity contribution in [1.82, 2.24) is 10.2 Å². The zero-order valence-electron chi connectivity index (χ0n) is 23.1. The number of nitrogens with zero attached hydrogens (tertiary/aromatic N) is 4. The number of nitro groups is 1. The predicted octanol–water partition coefficient (Wildman–Crippen LogP) is 4.59. The molecule has 42 heavy (non-hydrogen) atoms. The van der Waals surface area contributed by atoms with Gasteiger partial charge in [-0.1, -0.05) is 48.7 Å². The highest BCUT2D eigenvalue weighted by Crippen LogP contribution is 2.70. The van der Waals surface area contributed by atoms with Crippen LogP contribution in [0.25, 0.3) is 0 Å². The first-order chi connectivity index (χ1) is 20.3. The van der Waals surface area contributed by atoms with Gasteiger partial charge in [-0.2, -0.15) is 0 Å². The Kier molecular flexibility index (Phi) is 6.04. The Morgan fingerprint density at radius 3 is 2.43 bits per heavy atom. The molecule has 11 heteroatoms. The van der Waals surface area contributed by atoms with E-state index in [9.17, 15) is 19.7 Å². The first-order valence-corrected chi connectivity index (χ1v) is 16.2. The SMILES string of the molecule is C=C1NC2=C(S1)[C@@H](c1ccccc1)[C@@H]1[C@@H]3C[C@H]([C@@H]1S2)[C@@H]1C(=O)N(c2ccc(N4CCN(C)CC4)c([N+](=O)[O-])c2)C(=O)[C@H]31. The molecule has 0 unspecified atom stereocenters. The Morgan fingerprint density at radius 2 is 1.71 bits per heavy atom. The highest BCUT2D eigenvalue weighted by Gasteiger charge is 2.70. The minimum absolute atomic E-state index is 0.0602. The third-order valence-corrected chi connectivity index (χ3v) is 12.9. The molecule has 4 aliphatic heterocycles. The first-order valence-electron chi connectivity index (χ1n) is 14.5. The maximum absolute atomic E-state index is 14.2. The smallest absolute Gasteiger partial charge is 0.294 e. The molecule has 0 spiro atoms. The van der Waals surface area contributed by atoms with Crippen molar-refractivity contribution >= 4 is 52.4 Å². The lowest BCUT2D eigenvalue weighted by molar-refractivity contribution is -0.384. The molecule has 8 rings (SSSR count). The third kappa shape index (κ3) is 3.75. The second kappa shape index (κ2) is 9.62. The highest BCUT2D eigenvalue weighted by atomic mass is 32.2. The van der Waals surface area contributed by atoms with Crippen LogP contribution in [0.1, 0.15) is 17.9 Å². The van der Waals surface area contributed by atoms with Gasteiger partial charge in [0.15, 0.2) is 0 Å². The van der Waals surface area contributed by atoms with Gasteiger partial charge in [-0.15, -0.1) is 11.8 Å². The van der Waals surface area contributed by atoms with E-state index in [1.807, 2.05) is 29.8 Å². The van der Waals surface area contributed by atoms with Crippen LogP contribution in [0.4, 0.5) is 17.1 Å². The van der Waals surface area contributed by atoms with E-state index in [1.165, 1.54) is 21.4 Å². The number of anilines is 2. The number of nitrogens with one attached hydrogen (secondary N) is 1. The van der Waals surface area contributed by atoms with Gasteiger partial charge < -0.3 is 15.1 Å². The van der Waals surface area contributed by atoms with Crippen LogP contribution in [0.15, 0.2) is 70.1 Å². The highest BCUT2D eigenvalue weighted by molar-refractivity contribution is 8.10. The van der Waals surface area contributed by atoms with E-state index in [0.717, 1.165) is 29.6 Å². The number of hydrogen-bond acceptors (Lipinski definition) is 9. The van der Waals surface area contributed by atoms with Gasteiger partial charge in [0, 0.05) is 48.3 Å². The second-order valence-electron chi connectivity index (χ2n) is 12.2. The van der Waals surface area contributed by atoms with Crippen molar-refractivity contribution in [3.8, 4) is 0 Å². The number of hydrogen-bond donors (Lipinski definition) is 1. The van der Waals surface area contributed by atoms with Crippen LogP contribution in [0.3, 0.4) is 0 Å². The number of allylic oxidation sites excluding steroid dienone is 1. The molecule has 2 amide bonds. The number of imide groups is 1. The number of carbonyl (C=O) groups excluding carboxylic acids is 2. The topological polar surface area (TPSA) is 99.0 Å². The Morgan fingerprint density at radius 1 is 1.00 bits per heavy atom. The van der Waals surface area contributed by atoms with Gasteiger partial charge in [0.25, 0.3) is 5.69 Å². The van der Waals surface area contributed by atoms with E-state index in [0.29, 0.717) is 24.5 Å². The predicted molar refractivity (Wildman–Crippen MR) is 165 cm³/mol. The summed E-state index contributed by atoms with van der Waals surface area (Å²) in [4.78, 5) is 46.8. The van der Waals surface area contributed by atoms with E-state index in [1.54, 1.807) is 23.9 Å². The van der Waals surface area contributed by atoms with Crippen LogP contribution in [-0.4, -0.2) is 60.1 Å². The zero-order chi connectivity index (χ0) is 28.9. The lowest BCUT2D eigenvalue weighted by Crippen LogP contribution is -2.44. The van der Waals surface area contributed by atoms with Crippen molar-refractivity contribution in [3.63, 3.8) is 0 Å². The second-order valence-corrected chi connectivity index (χ2v) is 14.6. The number of rotatable bonds is 4. The number of piperazine rings is 1. The molecule has 2 aromatic carbocycles. The molecule has 2 aliphatic carbocycles. The van der Waals surface area contributed by atoms with Crippen molar-refractivity contribution < 1.29 is 14.5 Å². The monoisotopic (exact) mass is 601 g/mol. The number of likely N-dealkylation sites (N-methyl/N-ethyl adjacent to an activating group) is 1. The van der Waals surface area contributed by atoms with Crippen LogP contribution in [0.5, 0.6) is 0 Å². The number of benzene rings is 2. The molecule has 0 radical (unpaired) electrons. The minimum Gasteiger partial charge on any atom is -0.363 e. The van der Waals surface area contributed by atoms with Gasteiger partial charge in [0.05, 0.1) is 32.5 Å². The van der Waals surface area contributed by atoms with Gasteiger partial charge in [-0.25, -0.2) is 4.90 Å². The van der Waals surface area contributed by atoms with Crippen LogP contribution < -0.4 is 15.1 Å². The summed E-state index contributed by atoms with van der Waals surface area (Å²) in [5.74, 6) is -0.651. The molecule has 9 nitrogen and oxygen atoms in total. The third-order valence-electron chi connectivity index (χ3n) is 10.2. The van der Waals surface area contributed by atoms with E-state index in [2.05, 4.69) is 41.1 Å². The Bertz CT molecular complexity index is 1570. The summed E-state index contributed by atoms with van der Waals surface area (Å²) in [6.07, 6.45) is 0.862. The number of thioether (sulfide) groups is 2. The Labute approximate surface area is 252 Å². The van der Waals surface area contributed by atoms with Crippen LogP contribution in [0, 0.1) is 39.7 Å². The van der Waals surface area contributed by atoms with Crippen molar-refractivity contribution in [2.24, 2.45) is 29.6 Å². The van der Waals surface area contributed by atoms with Gasteiger partial charge in [0.1, 0.15) is 5.69 Å². The molecular weight excluding hydrogens is 571 g/mol. The minimum atomic E-state index is -0.395. The largest absolute Gasteiger partial charge is 0.363 e. The number of carbonyl (C=O) groups is 2. The van der Waals surface area contributed by atoms with Crippen LogP contribution in [0.2, 0.25) is 0 Å². The molecule has 2 bridgehead atoms. The van der Waals surface area contributed by atoms with Crippen molar-refractivity contribution in [3.05, 3.63) is 85.8 Å². The molecule has 2 saturated heterocycles. The zero-order valence-corrected chi connectivity index (χ0v) is 24.8. The maximum atomic E-state index is 14.2. The Hall–Kier alpha value is -3.28. The van der Waals surface area contributed by atoms with Crippen molar-refractivity contribution in [1.29, 1.82) is 0 Å². The fourth-order valence-corrected chi connectivity index (χ4v) is 11.5. The molecule has 7 atom stereocenters. The van der Waals surface area contributed by atoms with Gasteiger partial charge in [0.2, 0.25) is 11.8 Å². The summed E-state index contributed by atoms with van der Waals surface area (Å²) >= 11 is 3.51. The van der Waals surface area contributed by atoms with E-state index in [-0.39, 0.29) is 52.3 Å². The van der Waals surface area contributed by atoms with Crippen molar-refractivity contribution in [2.45, 2.75) is 17.6 Å². The van der Waals surface area contributed by atoms with Gasteiger partial charge in [-0.3, -0.25) is 19.7 Å². The fourth-order valence-electron chi connectivity index (χ4n) is 8.48. The first kappa shape index (κ1) is 26.4. The quantitative estimate of drug-likeness (QED) is 0.306. The lowest BCUT2D eigenvalue weighted by atomic mass is 9.68. The summed E-state index contributed by atoms with van der Waals surface area (Å²) in [6.45, 7) is 7.18. The molecule has 2 saturated carbocycles. The van der Waals surface area contributed by atoms with E-state index >= 15 is 0 Å². The molecule has 4 heterocycles. The summed E-state index contributed by atoms with van der Waals surface area (Å²) in [5, 5.41) is 17.9. The number of amides is 2. The molecule has 2 aromatic rings. The normalized spacial score (nSPS) is 33.6. The standard InChI is InChI=1S/C31H31N5O4S2/c1-16-32-29-28(41-16)23(17-6-4-3-5-7-17)24-19-15-20(27(24)42-29)26-25(19)30(37)35(31(26)38)18-8-9-21(22(14-18)36(39)40)34-12-10-33(2)11-13-34/h3-9,14,19-20,23-27,32H,1,10-13,15H2,2H3/t19-,20-,23-,24-,25+,26-,27-/m0/s1. The fraction of sp³-hybridized carbons (Fsp3) is 0.419. The number of fused-ring (bicyclic) bond motifs is 8. The average Bonchev–Trinajstić information content (AvgIpc) is 3.72. The molecule has 6 aliphatic rings. The molecule has 0 aromatic heterocycles. The summed E-state index contributed by atoms with van der Waals surface area (Å²) < 4.78 is 0. The van der Waals surface area contributed by atoms with Gasteiger partial charge >= 0.3 is 0 Å². The van der Waals surface area contributed by atoms with Gasteiger partial charge in [-0.05, 0) is 48.9 Å². The number of nitro benzene ring substituents is 1. The molecule has 4 fully saturated rings. The van der Waals surface area contributed by atoms with Crippen LogP contribution >= 0.6 is 23.5 Å². The van der Waals surface area contributed by atoms with E-state index < -0.39 is 10.8 Å². The molecule has 1 N–H and O–H groups in total. The summed E-state index contributed by atoms with van der Waals surface area (Å²) in [5.41, 5.74) is 2.02. The average molecular weight is 602 g/mol. The van der Waals surface area contributed by atoms with Crippen molar-refractivity contribution in [2.75, 3.05) is 43.0 Å². The maximum Gasteiger partial charge on any atom is 0.294 e.